The van der Waals surface area contributed by atoms with Gasteiger partial charge in [-0.25, -0.2) is 0 Å². The number of rotatable bonds is 3. The minimum atomic E-state index is -0.116. The van der Waals surface area contributed by atoms with E-state index in [0.717, 1.165) is 48.3 Å². The normalized spacial score (nSPS) is 15.4. The summed E-state index contributed by atoms with van der Waals surface area (Å²) >= 11 is 0. The molecule has 4 rings (SSSR count). The average molecular weight is 320 g/mol. The first kappa shape index (κ1) is 14.9. The molecule has 0 saturated heterocycles. The van der Waals surface area contributed by atoms with Crippen molar-refractivity contribution in [3.05, 3.63) is 58.7 Å². The minimum Gasteiger partial charge on any atom is -0.322 e. The zero-order valence-corrected chi connectivity index (χ0v) is 13.8. The molecule has 0 atom stereocenters. The second-order valence-electron chi connectivity index (χ2n) is 6.47. The highest BCUT2D eigenvalue weighted by atomic mass is 16.2. The molecule has 24 heavy (non-hydrogen) atoms. The van der Waals surface area contributed by atoms with Crippen LogP contribution in [0.5, 0.6) is 0 Å². The Kier molecular flexibility index (Phi) is 3.60. The van der Waals surface area contributed by atoms with Crippen molar-refractivity contribution in [2.24, 2.45) is 0 Å². The molecule has 0 spiro atoms. The molecule has 4 heteroatoms. The van der Waals surface area contributed by atoms with E-state index in [-0.39, 0.29) is 11.8 Å². The van der Waals surface area contributed by atoms with Crippen LogP contribution in [0.1, 0.15) is 40.4 Å². The molecule has 2 heterocycles. The monoisotopic (exact) mass is 320 g/mol. The maximum absolute atomic E-state index is 12.6. The van der Waals surface area contributed by atoms with E-state index in [1.54, 1.807) is 0 Å². The smallest absolute Gasteiger partial charge is 0.255 e. The van der Waals surface area contributed by atoms with Crippen molar-refractivity contribution in [3.63, 3.8) is 0 Å². The predicted octanol–water partition coefficient (Wildman–Crippen LogP) is 3.34. The third kappa shape index (κ3) is 2.48. The molecule has 0 radical (unpaired) electrons. The Morgan fingerprint density at radius 1 is 1.17 bits per heavy atom. The molecule has 1 N–H and O–H groups in total. The standard InChI is InChI=1S/C20H20N2O2/c1-2-13-5-7-17(8-6-13)21-20(24)16-10-14-4-3-9-22-18(23)12-15(11-16)19(14)22/h5-8,10-11H,2-4,9,12H2,1H3,(H,21,24). The molecule has 2 aromatic rings. The van der Waals surface area contributed by atoms with Crippen LogP contribution >= 0.6 is 0 Å². The lowest BCUT2D eigenvalue weighted by atomic mass is 9.96. The van der Waals surface area contributed by atoms with Gasteiger partial charge in [0.15, 0.2) is 0 Å². The highest BCUT2D eigenvalue weighted by molar-refractivity contribution is 6.08. The minimum absolute atomic E-state index is 0.116. The van der Waals surface area contributed by atoms with Gasteiger partial charge in [-0.2, -0.15) is 0 Å². The molecule has 4 nitrogen and oxygen atoms in total. The summed E-state index contributed by atoms with van der Waals surface area (Å²) in [5.74, 6) is 0.0356. The van der Waals surface area contributed by atoms with E-state index in [2.05, 4.69) is 12.2 Å². The summed E-state index contributed by atoms with van der Waals surface area (Å²) < 4.78 is 0. The lowest BCUT2D eigenvalue weighted by Crippen LogP contribution is -2.31. The van der Waals surface area contributed by atoms with E-state index in [4.69, 9.17) is 0 Å². The van der Waals surface area contributed by atoms with Crippen LogP contribution in [-0.2, 0) is 24.1 Å². The Morgan fingerprint density at radius 2 is 1.92 bits per heavy atom. The Balaban J connectivity index is 1.61. The molecule has 122 valence electrons. The summed E-state index contributed by atoms with van der Waals surface area (Å²) in [4.78, 5) is 26.6. The van der Waals surface area contributed by atoms with E-state index in [0.29, 0.717) is 12.0 Å². The molecular formula is C20H20N2O2. The number of aryl methyl sites for hydroxylation is 2. The van der Waals surface area contributed by atoms with Gasteiger partial charge < -0.3 is 10.2 Å². The average Bonchev–Trinajstić information content (AvgIpc) is 2.93. The van der Waals surface area contributed by atoms with Gasteiger partial charge in [-0.15, -0.1) is 0 Å². The van der Waals surface area contributed by atoms with Crippen molar-refractivity contribution in [2.45, 2.75) is 32.6 Å². The fourth-order valence-corrected chi connectivity index (χ4v) is 3.64. The Labute approximate surface area is 141 Å². The number of benzene rings is 2. The van der Waals surface area contributed by atoms with Gasteiger partial charge in [-0.1, -0.05) is 19.1 Å². The van der Waals surface area contributed by atoms with Gasteiger partial charge in [-0.05, 0) is 60.2 Å². The highest BCUT2D eigenvalue weighted by Gasteiger charge is 2.32. The van der Waals surface area contributed by atoms with E-state index in [1.807, 2.05) is 41.3 Å². The summed E-state index contributed by atoms with van der Waals surface area (Å²) in [7, 11) is 0. The van der Waals surface area contributed by atoms with Crippen LogP contribution in [0.4, 0.5) is 11.4 Å². The summed E-state index contributed by atoms with van der Waals surface area (Å²) in [6.45, 7) is 2.91. The van der Waals surface area contributed by atoms with Crippen LogP contribution in [0.2, 0.25) is 0 Å². The number of hydrogen-bond acceptors (Lipinski definition) is 2. The molecule has 2 aliphatic rings. The number of amides is 2. The van der Waals surface area contributed by atoms with E-state index < -0.39 is 0 Å². The molecule has 2 aromatic carbocycles. The van der Waals surface area contributed by atoms with Crippen LogP contribution in [0.3, 0.4) is 0 Å². The maximum Gasteiger partial charge on any atom is 0.255 e. The molecule has 0 saturated carbocycles. The van der Waals surface area contributed by atoms with E-state index >= 15 is 0 Å². The highest BCUT2D eigenvalue weighted by Crippen LogP contribution is 2.37. The molecular weight excluding hydrogens is 300 g/mol. The van der Waals surface area contributed by atoms with Crippen molar-refractivity contribution in [3.8, 4) is 0 Å². The van der Waals surface area contributed by atoms with Gasteiger partial charge >= 0.3 is 0 Å². The van der Waals surface area contributed by atoms with Crippen molar-refractivity contribution in [1.29, 1.82) is 0 Å². The van der Waals surface area contributed by atoms with Crippen LogP contribution in [0.25, 0.3) is 0 Å². The van der Waals surface area contributed by atoms with Crippen molar-refractivity contribution >= 4 is 23.2 Å². The SMILES string of the molecule is CCc1ccc(NC(=O)c2cc3c4c(c2)CC(=O)N4CCC3)cc1. The summed E-state index contributed by atoms with van der Waals surface area (Å²) in [6.07, 6.45) is 3.28. The third-order valence-corrected chi connectivity index (χ3v) is 4.89. The molecule has 0 unspecified atom stereocenters. The number of anilines is 2. The van der Waals surface area contributed by atoms with E-state index in [1.165, 1.54) is 5.56 Å². The van der Waals surface area contributed by atoms with Gasteiger partial charge in [0.2, 0.25) is 5.91 Å². The zero-order valence-electron chi connectivity index (χ0n) is 13.8. The fraction of sp³-hybridized carbons (Fsp3) is 0.300. The number of carbonyl (C=O) groups is 2. The zero-order chi connectivity index (χ0) is 16.7. The number of hydrogen-bond donors (Lipinski definition) is 1. The van der Waals surface area contributed by atoms with Crippen LogP contribution in [-0.4, -0.2) is 18.4 Å². The number of carbonyl (C=O) groups excluding carboxylic acids is 2. The van der Waals surface area contributed by atoms with Crippen LogP contribution < -0.4 is 10.2 Å². The Bertz CT molecular complexity index is 824. The maximum atomic E-state index is 12.6. The largest absolute Gasteiger partial charge is 0.322 e. The van der Waals surface area contributed by atoms with Crippen molar-refractivity contribution in [1.82, 2.24) is 0 Å². The van der Waals surface area contributed by atoms with Gasteiger partial charge in [-0.3, -0.25) is 9.59 Å². The number of nitrogens with zero attached hydrogens (tertiary/aromatic N) is 1. The fourth-order valence-electron chi connectivity index (χ4n) is 3.64. The van der Waals surface area contributed by atoms with Crippen LogP contribution in [0, 0.1) is 0 Å². The lowest BCUT2D eigenvalue weighted by Gasteiger charge is -2.25. The van der Waals surface area contributed by atoms with Gasteiger partial charge in [0.1, 0.15) is 0 Å². The topological polar surface area (TPSA) is 49.4 Å². The van der Waals surface area contributed by atoms with Gasteiger partial charge in [0.05, 0.1) is 12.1 Å². The first-order chi connectivity index (χ1) is 11.7. The third-order valence-electron chi connectivity index (χ3n) is 4.89. The second-order valence-corrected chi connectivity index (χ2v) is 6.47. The molecule has 0 aromatic heterocycles. The van der Waals surface area contributed by atoms with Crippen molar-refractivity contribution < 1.29 is 9.59 Å². The first-order valence-corrected chi connectivity index (χ1v) is 8.52. The van der Waals surface area contributed by atoms with Crippen molar-refractivity contribution in [2.75, 3.05) is 16.8 Å². The van der Waals surface area contributed by atoms with Crippen LogP contribution in [0.15, 0.2) is 36.4 Å². The number of nitrogens with one attached hydrogen (secondary N) is 1. The summed E-state index contributed by atoms with van der Waals surface area (Å²) in [6, 6.07) is 11.7. The molecule has 2 amide bonds. The van der Waals surface area contributed by atoms with E-state index in [9.17, 15) is 9.59 Å². The molecule has 0 fully saturated rings. The second kappa shape index (κ2) is 5.78. The lowest BCUT2D eigenvalue weighted by molar-refractivity contribution is -0.117. The molecule has 0 bridgehead atoms. The Hall–Kier alpha value is -2.62. The summed E-state index contributed by atoms with van der Waals surface area (Å²) in [5, 5.41) is 2.95. The van der Waals surface area contributed by atoms with Gasteiger partial charge in [0.25, 0.3) is 5.91 Å². The summed E-state index contributed by atoms with van der Waals surface area (Å²) in [5.41, 5.74) is 5.84. The van der Waals surface area contributed by atoms with Gasteiger partial charge in [0, 0.05) is 17.8 Å². The molecule has 2 aliphatic heterocycles. The predicted molar refractivity (Wildman–Crippen MR) is 94.6 cm³/mol. The quantitative estimate of drug-likeness (QED) is 0.943. The first-order valence-electron chi connectivity index (χ1n) is 8.52. The Morgan fingerprint density at radius 3 is 2.67 bits per heavy atom. The molecule has 0 aliphatic carbocycles.